The van der Waals surface area contributed by atoms with Crippen molar-refractivity contribution in [3.05, 3.63) is 29.3 Å². The lowest BCUT2D eigenvalue weighted by molar-refractivity contribution is -0.131. The normalized spacial score (nSPS) is 25.9. The van der Waals surface area contributed by atoms with Crippen molar-refractivity contribution in [2.75, 3.05) is 52.1 Å². The first-order chi connectivity index (χ1) is 13.8. The van der Waals surface area contributed by atoms with E-state index in [2.05, 4.69) is 26.9 Å². The number of hydrogen-bond acceptors (Lipinski definition) is 5. The molecule has 162 valence electrons. The minimum absolute atomic E-state index is 0.0823. The number of likely N-dealkylation sites (tertiary alicyclic amines) is 2. The third kappa shape index (κ3) is 4.50. The molecule has 2 aliphatic rings. The molecule has 2 aliphatic heterocycles. The number of carbonyl (C=O) groups excluding carboxylic acids is 1. The molecular weight excluding hydrogens is 364 g/mol. The van der Waals surface area contributed by atoms with Gasteiger partial charge in [0.2, 0.25) is 5.91 Å². The van der Waals surface area contributed by atoms with Gasteiger partial charge in [0, 0.05) is 37.9 Å². The lowest BCUT2D eigenvalue weighted by Gasteiger charge is -2.49. The van der Waals surface area contributed by atoms with E-state index in [0.717, 1.165) is 68.8 Å². The maximum atomic E-state index is 13.5. The Bertz CT molecular complexity index is 693. The molecule has 2 saturated heterocycles. The smallest absolute Gasteiger partial charge is 0.244 e. The average Bonchev–Trinajstić information content (AvgIpc) is 2.71. The molecular formula is C23H38N4O2. The van der Waals surface area contributed by atoms with Gasteiger partial charge in [-0.25, -0.2) is 0 Å². The zero-order valence-electron chi connectivity index (χ0n) is 18.7. The molecule has 6 nitrogen and oxygen atoms in total. The fourth-order valence-corrected chi connectivity index (χ4v) is 4.98. The number of anilines is 1. The fraction of sp³-hybridized carbons (Fsp3) is 0.696. The topological polar surface area (TPSA) is 59.1 Å². The molecule has 2 unspecified atom stereocenters. The van der Waals surface area contributed by atoms with Crippen LogP contribution in [-0.4, -0.2) is 90.2 Å². The number of nitrogens with zero attached hydrogens (tertiary/aromatic N) is 3. The van der Waals surface area contributed by atoms with Gasteiger partial charge in [-0.1, -0.05) is 25.1 Å². The summed E-state index contributed by atoms with van der Waals surface area (Å²) in [6, 6.07) is 6.27. The first kappa shape index (κ1) is 22.2. The zero-order valence-corrected chi connectivity index (χ0v) is 18.7. The van der Waals surface area contributed by atoms with Crippen molar-refractivity contribution < 1.29 is 9.90 Å². The predicted octanol–water partition coefficient (Wildman–Crippen LogP) is 2.09. The van der Waals surface area contributed by atoms with Crippen molar-refractivity contribution in [3.63, 3.8) is 0 Å². The number of amides is 1. The van der Waals surface area contributed by atoms with Gasteiger partial charge in [0.15, 0.2) is 0 Å². The number of aliphatic hydroxyl groups is 1. The molecule has 0 bridgehead atoms. The number of aliphatic hydroxyl groups excluding tert-OH is 1. The van der Waals surface area contributed by atoms with E-state index in [-0.39, 0.29) is 18.1 Å². The number of likely N-dealkylation sites (N-methyl/N-ethyl adjacent to an activating group) is 2. The van der Waals surface area contributed by atoms with Crippen molar-refractivity contribution in [2.24, 2.45) is 0 Å². The highest BCUT2D eigenvalue weighted by Crippen LogP contribution is 2.32. The number of carbonyl (C=O) groups is 1. The molecule has 0 saturated carbocycles. The summed E-state index contributed by atoms with van der Waals surface area (Å²) in [5.74, 6) is 0.0823. The van der Waals surface area contributed by atoms with Crippen LogP contribution in [0.15, 0.2) is 18.2 Å². The summed E-state index contributed by atoms with van der Waals surface area (Å²) >= 11 is 0. The van der Waals surface area contributed by atoms with E-state index in [9.17, 15) is 9.90 Å². The lowest BCUT2D eigenvalue weighted by atomic mass is 9.83. The van der Waals surface area contributed by atoms with Crippen molar-refractivity contribution >= 4 is 11.6 Å². The second-order valence-corrected chi connectivity index (χ2v) is 9.00. The molecule has 0 aliphatic carbocycles. The number of hydrogen-bond donors (Lipinski definition) is 2. The molecule has 2 atom stereocenters. The van der Waals surface area contributed by atoms with Crippen molar-refractivity contribution in [1.29, 1.82) is 0 Å². The second-order valence-electron chi connectivity index (χ2n) is 9.00. The van der Waals surface area contributed by atoms with E-state index >= 15 is 0 Å². The largest absolute Gasteiger partial charge is 0.391 e. The van der Waals surface area contributed by atoms with Crippen LogP contribution >= 0.6 is 0 Å². The van der Waals surface area contributed by atoms with Crippen LogP contribution in [-0.2, 0) is 4.79 Å². The van der Waals surface area contributed by atoms with Gasteiger partial charge in [-0.05, 0) is 64.9 Å². The Morgan fingerprint density at radius 2 is 1.83 bits per heavy atom. The maximum absolute atomic E-state index is 13.5. The molecule has 2 N–H and O–H groups in total. The summed E-state index contributed by atoms with van der Waals surface area (Å²) < 4.78 is 0. The standard InChI is InChI=1S/C23H38N4O2/c1-6-26-13-10-20(28)19(16-26)27-14-11-23(12-15-27,25(4)5)22(29)24-21-17(2)8-7-9-18(21)3/h7-9,19-20,28H,6,10-16H2,1-5H3,(H,24,29). The number of benzene rings is 1. The van der Waals surface area contributed by atoms with Gasteiger partial charge < -0.3 is 15.3 Å². The number of nitrogens with one attached hydrogen (secondary N) is 1. The third-order valence-electron chi connectivity index (χ3n) is 7.17. The van der Waals surface area contributed by atoms with E-state index in [1.165, 1.54) is 0 Å². The van der Waals surface area contributed by atoms with E-state index < -0.39 is 5.54 Å². The number of rotatable bonds is 5. The molecule has 0 radical (unpaired) electrons. The van der Waals surface area contributed by atoms with Crippen molar-refractivity contribution in [1.82, 2.24) is 14.7 Å². The number of aryl methyl sites for hydroxylation is 2. The second kappa shape index (κ2) is 9.13. The van der Waals surface area contributed by atoms with Gasteiger partial charge in [-0.2, -0.15) is 0 Å². The van der Waals surface area contributed by atoms with Crippen LogP contribution in [0.25, 0.3) is 0 Å². The monoisotopic (exact) mass is 402 g/mol. The van der Waals surface area contributed by atoms with E-state index in [0.29, 0.717) is 0 Å². The minimum Gasteiger partial charge on any atom is -0.391 e. The zero-order chi connectivity index (χ0) is 21.2. The molecule has 6 heteroatoms. The number of para-hydroxylation sites is 1. The summed E-state index contributed by atoms with van der Waals surface area (Å²) in [4.78, 5) is 20.4. The summed E-state index contributed by atoms with van der Waals surface area (Å²) in [5, 5.41) is 13.8. The first-order valence-electron chi connectivity index (χ1n) is 11.0. The molecule has 2 heterocycles. The highest BCUT2D eigenvalue weighted by Gasteiger charge is 2.45. The maximum Gasteiger partial charge on any atom is 0.244 e. The van der Waals surface area contributed by atoms with Crippen LogP contribution in [0, 0.1) is 13.8 Å². The molecule has 1 aromatic carbocycles. The minimum atomic E-state index is -0.519. The van der Waals surface area contributed by atoms with Gasteiger partial charge >= 0.3 is 0 Å². The predicted molar refractivity (Wildman–Crippen MR) is 118 cm³/mol. The van der Waals surface area contributed by atoms with Crippen LogP contribution in [0.5, 0.6) is 0 Å². The third-order valence-corrected chi connectivity index (χ3v) is 7.17. The Kier molecular flexibility index (Phi) is 6.99. The van der Waals surface area contributed by atoms with Crippen LogP contribution < -0.4 is 5.32 Å². The van der Waals surface area contributed by atoms with Crippen molar-refractivity contribution in [2.45, 2.75) is 57.7 Å². The Hall–Kier alpha value is -1.47. The van der Waals surface area contributed by atoms with E-state index in [4.69, 9.17) is 0 Å². The number of piperidine rings is 2. The van der Waals surface area contributed by atoms with Crippen LogP contribution in [0.4, 0.5) is 5.69 Å². The van der Waals surface area contributed by atoms with Crippen LogP contribution in [0.1, 0.15) is 37.3 Å². The Morgan fingerprint density at radius 1 is 1.21 bits per heavy atom. The Labute approximate surface area is 175 Å². The van der Waals surface area contributed by atoms with Gasteiger partial charge in [-0.15, -0.1) is 0 Å². The molecule has 0 spiro atoms. The Balaban J connectivity index is 1.72. The van der Waals surface area contributed by atoms with Gasteiger partial charge in [0.25, 0.3) is 0 Å². The van der Waals surface area contributed by atoms with Gasteiger partial charge in [0.05, 0.1) is 6.10 Å². The SMILES string of the molecule is CCN1CCC(O)C(N2CCC(C(=O)Nc3c(C)cccc3C)(N(C)C)CC2)C1. The molecule has 1 aromatic rings. The highest BCUT2D eigenvalue weighted by atomic mass is 16.3. The summed E-state index contributed by atoms with van der Waals surface area (Å²) in [6.45, 7) is 10.8. The van der Waals surface area contributed by atoms with Gasteiger partial charge in [-0.3, -0.25) is 14.6 Å². The van der Waals surface area contributed by atoms with Crippen molar-refractivity contribution in [3.8, 4) is 0 Å². The summed E-state index contributed by atoms with van der Waals surface area (Å²) in [7, 11) is 4.02. The lowest BCUT2D eigenvalue weighted by Crippen LogP contribution is -2.63. The summed E-state index contributed by atoms with van der Waals surface area (Å²) in [6.07, 6.45) is 2.10. The van der Waals surface area contributed by atoms with E-state index in [1.807, 2.05) is 46.1 Å². The molecule has 2 fully saturated rings. The molecule has 3 rings (SSSR count). The molecule has 29 heavy (non-hydrogen) atoms. The van der Waals surface area contributed by atoms with Crippen LogP contribution in [0.3, 0.4) is 0 Å². The highest BCUT2D eigenvalue weighted by molar-refractivity contribution is 5.99. The average molecular weight is 403 g/mol. The molecule has 0 aromatic heterocycles. The quantitative estimate of drug-likeness (QED) is 0.790. The van der Waals surface area contributed by atoms with Gasteiger partial charge in [0.1, 0.15) is 5.54 Å². The first-order valence-corrected chi connectivity index (χ1v) is 11.0. The fourth-order valence-electron chi connectivity index (χ4n) is 4.98. The van der Waals surface area contributed by atoms with E-state index in [1.54, 1.807) is 0 Å². The van der Waals surface area contributed by atoms with Crippen LogP contribution in [0.2, 0.25) is 0 Å². The molecule has 1 amide bonds. The summed E-state index contributed by atoms with van der Waals surface area (Å²) in [5.41, 5.74) is 2.60. The Morgan fingerprint density at radius 3 is 2.38 bits per heavy atom.